The fourth-order valence-electron chi connectivity index (χ4n) is 4.37. The molecule has 0 spiro atoms. The van der Waals surface area contributed by atoms with Crippen LogP contribution in [0, 0.1) is 5.82 Å². The summed E-state index contributed by atoms with van der Waals surface area (Å²) in [4.78, 5) is 50.5. The molecule has 11 heteroatoms. The summed E-state index contributed by atoms with van der Waals surface area (Å²) in [7, 11) is 0. The van der Waals surface area contributed by atoms with Crippen molar-refractivity contribution >= 4 is 46.1 Å². The standard InChI is InChI=1S/C25H22ClF2N3O5/c1-13(32)18-11-30(20-6-5-14(25(35)36)7-17(18)20)12-22(33)31-10-16(27)8-21(31)24(34)29-9-15-3-2-4-19(26)23(15)28/h2-7,11,16,21H,8-10,12H2,1H3,(H,29,34)(H,35,36)/t16-,21-/m1/s1. The molecule has 2 aromatic carbocycles. The van der Waals surface area contributed by atoms with Crippen LogP contribution in [0.5, 0.6) is 0 Å². The van der Waals surface area contributed by atoms with Crippen LogP contribution in [0.3, 0.4) is 0 Å². The maximum atomic E-state index is 14.3. The van der Waals surface area contributed by atoms with Gasteiger partial charge in [-0.25, -0.2) is 13.6 Å². The largest absolute Gasteiger partial charge is 0.478 e. The summed E-state index contributed by atoms with van der Waals surface area (Å²) in [5.74, 6) is -3.33. The van der Waals surface area contributed by atoms with Crippen molar-refractivity contribution in [2.24, 2.45) is 0 Å². The van der Waals surface area contributed by atoms with Gasteiger partial charge in [0.25, 0.3) is 0 Å². The molecule has 2 atom stereocenters. The predicted molar refractivity (Wildman–Crippen MR) is 127 cm³/mol. The molecule has 1 aliphatic heterocycles. The molecule has 0 saturated carbocycles. The van der Waals surface area contributed by atoms with Crippen LogP contribution in [0.25, 0.3) is 10.9 Å². The Morgan fingerprint density at radius 2 is 1.94 bits per heavy atom. The van der Waals surface area contributed by atoms with Gasteiger partial charge < -0.3 is 19.9 Å². The second-order valence-corrected chi connectivity index (χ2v) is 9.00. The average molecular weight is 518 g/mol. The van der Waals surface area contributed by atoms with E-state index < -0.39 is 35.8 Å². The number of hydrogen-bond acceptors (Lipinski definition) is 4. The van der Waals surface area contributed by atoms with Crippen molar-refractivity contribution in [3.63, 3.8) is 0 Å². The molecule has 36 heavy (non-hydrogen) atoms. The molecule has 188 valence electrons. The third-order valence-corrected chi connectivity index (χ3v) is 6.46. The molecular weight excluding hydrogens is 496 g/mol. The van der Waals surface area contributed by atoms with Gasteiger partial charge in [0, 0.05) is 41.2 Å². The second kappa shape index (κ2) is 10.1. The van der Waals surface area contributed by atoms with Gasteiger partial charge in [-0.2, -0.15) is 0 Å². The number of fused-ring (bicyclic) bond motifs is 1. The number of likely N-dealkylation sites (tertiary alicyclic amines) is 1. The third-order valence-electron chi connectivity index (χ3n) is 6.17. The first-order chi connectivity index (χ1) is 17.1. The Labute approximate surface area is 209 Å². The summed E-state index contributed by atoms with van der Waals surface area (Å²) >= 11 is 5.76. The number of halogens is 3. The van der Waals surface area contributed by atoms with Crippen molar-refractivity contribution in [2.45, 2.75) is 38.6 Å². The molecule has 0 unspecified atom stereocenters. The zero-order valence-electron chi connectivity index (χ0n) is 19.1. The van der Waals surface area contributed by atoms with E-state index in [4.69, 9.17) is 11.6 Å². The van der Waals surface area contributed by atoms with E-state index in [-0.39, 0.29) is 53.6 Å². The third kappa shape index (κ3) is 4.94. The van der Waals surface area contributed by atoms with Gasteiger partial charge in [-0.15, -0.1) is 0 Å². The van der Waals surface area contributed by atoms with Crippen LogP contribution in [0.4, 0.5) is 8.78 Å². The number of aromatic carboxylic acids is 1. The summed E-state index contributed by atoms with van der Waals surface area (Å²) in [5.41, 5.74) is 0.831. The highest BCUT2D eigenvalue weighted by molar-refractivity contribution is 6.30. The number of carboxylic acid groups (broad SMARTS) is 1. The number of Topliss-reactive ketones (excluding diaryl/α,β-unsaturated/α-hetero) is 1. The van der Waals surface area contributed by atoms with E-state index in [9.17, 15) is 33.1 Å². The number of alkyl halides is 1. The second-order valence-electron chi connectivity index (χ2n) is 8.59. The summed E-state index contributed by atoms with van der Waals surface area (Å²) in [5, 5.41) is 12.1. The summed E-state index contributed by atoms with van der Waals surface area (Å²) < 4.78 is 29.9. The first-order valence-corrected chi connectivity index (χ1v) is 11.5. The average Bonchev–Trinajstić information content (AvgIpc) is 3.40. The Morgan fingerprint density at radius 1 is 1.19 bits per heavy atom. The lowest BCUT2D eigenvalue weighted by molar-refractivity contribution is -0.139. The van der Waals surface area contributed by atoms with Gasteiger partial charge in [0.05, 0.1) is 17.1 Å². The molecule has 1 aliphatic rings. The van der Waals surface area contributed by atoms with Gasteiger partial charge in [0.1, 0.15) is 24.6 Å². The van der Waals surface area contributed by atoms with Crippen molar-refractivity contribution in [2.75, 3.05) is 6.54 Å². The van der Waals surface area contributed by atoms with Gasteiger partial charge in [0.2, 0.25) is 11.8 Å². The van der Waals surface area contributed by atoms with Crippen LogP contribution in [0.2, 0.25) is 5.02 Å². The number of aromatic nitrogens is 1. The van der Waals surface area contributed by atoms with Crippen LogP contribution in [-0.2, 0) is 22.7 Å². The predicted octanol–water partition coefficient (Wildman–Crippen LogP) is 3.59. The van der Waals surface area contributed by atoms with Crippen LogP contribution in [0.1, 0.15) is 39.6 Å². The number of benzene rings is 2. The van der Waals surface area contributed by atoms with Gasteiger partial charge in [-0.3, -0.25) is 14.4 Å². The van der Waals surface area contributed by atoms with Gasteiger partial charge >= 0.3 is 5.97 Å². The molecule has 0 aliphatic carbocycles. The lowest BCUT2D eigenvalue weighted by atomic mass is 10.1. The van der Waals surface area contributed by atoms with Crippen LogP contribution in [0.15, 0.2) is 42.6 Å². The molecule has 4 rings (SSSR count). The molecule has 1 fully saturated rings. The Balaban J connectivity index is 1.54. The van der Waals surface area contributed by atoms with Crippen LogP contribution >= 0.6 is 11.6 Å². The molecule has 2 amide bonds. The van der Waals surface area contributed by atoms with E-state index in [1.165, 1.54) is 54.1 Å². The molecule has 3 aromatic rings. The monoisotopic (exact) mass is 517 g/mol. The van der Waals surface area contributed by atoms with Crippen LogP contribution in [-0.4, -0.2) is 56.9 Å². The van der Waals surface area contributed by atoms with E-state index in [2.05, 4.69) is 5.32 Å². The molecule has 1 saturated heterocycles. The number of nitrogens with zero attached hydrogens (tertiary/aromatic N) is 2. The summed E-state index contributed by atoms with van der Waals surface area (Å²) in [6.45, 7) is 0.558. The highest BCUT2D eigenvalue weighted by Crippen LogP contribution is 2.26. The van der Waals surface area contributed by atoms with Crippen molar-refractivity contribution in [3.05, 3.63) is 70.1 Å². The fraction of sp³-hybridized carbons (Fsp3) is 0.280. The van der Waals surface area contributed by atoms with Crippen molar-refractivity contribution in [1.29, 1.82) is 0 Å². The normalized spacial score (nSPS) is 17.4. The maximum Gasteiger partial charge on any atom is 0.335 e. The lowest BCUT2D eigenvalue weighted by Crippen LogP contribution is -2.46. The van der Waals surface area contributed by atoms with Gasteiger partial charge in [0.15, 0.2) is 5.78 Å². The molecule has 2 heterocycles. The number of rotatable bonds is 7. The highest BCUT2D eigenvalue weighted by atomic mass is 35.5. The van der Waals surface area contributed by atoms with Gasteiger partial charge in [-0.1, -0.05) is 23.7 Å². The van der Waals surface area contributed by atoms with E-state index in [0.717, 1.165) is 4.90 Å². The molecule has 0 bridgehead atoms. The number of hydrogen-bond donors (Lipinski definition) is 2. The zero-order chi connectivity index (χ0) is 26.1. The van der Waals surface area contributed by atoms with Crippen molar-refractivity contribution in [3.8, 4) is 0 Å². The van der Waals surface area contributed by atoms with Crippen molar-refractivity contribution in [1.82, 2.24) is 14.8 Å². The number of carboxylic acids is 1. The molecule has 0 radical (unpaired) electrons. The Hall–Kier alpha value is -3.79. The van der Waals surface area contributed by atoms with Crippen LogP contribution < -0.4 is 5.32 Å². The molecular formula is C25H22ClF2N3O5. The summed E-state index contributed by atoms with van der Waals surface area (Å²) in [6, 6.07) is 7.47. The van der Waals surface area contributed by atoms with E-state index in [1.54, 1.807) is 0 Å². The molecule has 1 aromatic heterocycles. The smallest absolute Gasteiger partial charge is 0.335 e. The summed E-state index contributed by atoms with van der Waals surface area (Å²) in [6.07, 6.45) is -0.181. The zero-order valence-corrected chi connectivity index (χ0v) is 19.9. The number of carbonyl (C=O) groups excluding carboxylic acids is 3. The molecule has 2 N–H and O–H groups in total. The van der Waals surface area contributed by atoms with E-state index >= 15 is 0 Å². The van der Waals surface area contributed by atoms with Crippen molar-refractivity contribution < 1.29 is 33.1 Å². The minimum atomic E-state index is -1.42. The Bertz CT molecular complexity index is 1390. The number of ketones is 1. The molecule has 8 nitrogen and oxygen atoms in total. The minimum Gasteiger partial charge on any atom is -0.478 e. The Morgan fingerprint density at radius 3 is 2.64 bits per heavy atom. The fourth-order valence-corrected chi connectivity index (χ4v) is 4.57. The number of carbonyl (C=O) groups is 4. The topological polar surface area (TPSA) is 109 Å². The highest BCUT2D eigenvalue weighted by Gasteiger charge is 2.39. The first-order valence-electron chi connectivity index (χ1n) is 11.1. The number of amides is 2. The minimum absolute atomic E-state index is 0.0123. The Kier molecular flexibility index (Phi) is 7.07. The number of nitrogens with one attached hydrogen (secondary N) is 1. The van der Waals surface area contributed by atoms with E-state index in [0.29, 0.717) is 10.9 Å². The SMILES string of the molecule is CC(=O)c1cn(CC(=O)N2C[C@H](F)C[C@@H]2C(=O)NCc2cccc(Cl)c2F)c2ccc(C(=O)O)cc12. The van der Waals surface area contributed by atoms with E-state index in [1.807, 2.05) is 0 Å². The maximum absolute atomic E-state index is 14.3. The lowest BCUT2D eigenvalue weighted by Gasteiger charge is -2.24. The first kappa shape index (κ1) is 25.3. The quantitative estimate of drug-likeness (QED) is 0.466. The van der Waals surface area contributed by atoms with Gasteiger partial charge in [-0.05, 0) is 31.2 Å².